The van der Waals surface area contributed by atoms with Crippen LogP contribution in [0.2, 0.25) is 0 Å². The first-order chi connectivity index (χ1) is 13.0. The van der Waals surface area contributed by atoms with Gasteiger partial charge in [-0.15, -0.1) is 0 Å². The quantitative estimate of drug-likeness (QED) is 0.738. The van der Waals surface area contributed by atoms with Gasteiger partial charge in [-0.1, -0.05) is 0 Å². The van der Waals surface area contributed by atoms with Gasteiger partial charge in [0.1, 0.15) is 17.5 Å². The zero-order valence-corrected chi connectivity index (χ0v) is 14.9. The highest BCUT2D eigenvalue weighted by molar-refractivity contribution is 5.88. The summed E-state index contributed by atoms with van der Waals surface area (Å²) in [5.74, 6) is -0.372. The molecule has 3 N–H and O–H groups in total. The van der Waals surface area contributed by atoms with Crippen LogP contribution in [0.15, 0.2) is 30.3 Å². The molecule has 0 atom stereocenters. The molecule has 0 amide bonds. The number of likely N-dealkylation sites (tertiary alicyclic amines) is 1. The van der Waals surface area contributed by atoms with E-state index < -0.39 is 11.6 Å². The molecule has 1 aromatic carbocycles. The molecular formula is C19H20F2N6. The highest BCUT2D eigenvalue weighted by Gasteiger charge is 2.18. The molecule has 1 saturated heterocycles. The number of halogens is 2. The van der Waals surface area contributed by atoms with E-state index in [0.29, 0.717) is 28.5 Å². The van der Waals surface area contributed by atoms with Crippen molar-refractivity contribution in [3.05, 3.63) is 42.0 Å². The topological polar surface area (TPSA) is 80.0 Å². The van der Waals surface area contributed by atoms with Gasteiger partial charge in [0.25, 0.3) is 0 Å². The van der Waals surface area contributed by atoms with Gasteiger partial charge in [0.2, 0.25) is 5.95 Å². The zero-order chi connectivity index (χ0) is 19.0. The maximum absolute atomic E-state index is 14.1. The normalized spacial score (nSPS) is 16.0. The maximum Gasteiger partial charge on any atom is 0.226 e. The van der Waals surface area contributed by atoms with Crippen LogP contribution in [0.25, 0.3) is 22.3 Å². The number of nitrogens with two attached hydrogens (primary N) is 1. The molecule has 0 bridgehead atoms. The standard InChI is InChI=1S/C19H20F2N6/c1-27-8-6-12(7-9-27)23-19-25-17(22)13-3-5-16(24-18(13)26-19)14-10-11(20)2-4-15(14)21/h2-5,10,12H,6-9H2,1H3,(H3,22,23,24,25,26). The van der Waals surface area contributed by atoms with Gasteiger partial charge in [-0.3, -0.25) is 0 Å². The summed E-state index contributed by atoms with van der Waals surface area (Å²) in [7, 11) is 2.09. The number of aromatic nitrogens is 3. The highest BCUT2D eigenvalue weighted by Crippen LogP contribution is 2.26. The summed E-state index contributed by atoms with van der Waals surface area (Å²) in [5, 5.41) is 3.88. The molecule has 0 radical (unpaired) electrons. The fourth-order valence-electron chi connectivity index (χ4n) is 3.28. The predicted molar refractivity (Wildman–Crippen MR) is 101 cm³/mol. The van der Waals surface area contributed by atoms with Crippen molar-refractivity contribution in [1.29, 1.82) is 0 Å². The monoisotopic (exact) mass is 370 g/mol. The minimum absolute atomic E-state index is 0.0823. The summed E-state index contributed by atoms with van der Waals surface area (Å²) >= 11 is 0. The minimum atomic E-state index is -0.546. The van der Waals surface area contributed by atoms with Crippen LogP contribution in [0, 0.1) is 11.6 Å². The molecule has 140 valence electrons. The van der Waals surface area contributed by atoms with Gasteiger partial charge < -0.3 is 16.0 Å². The largest absolute Gasteiger partial charge is 0.383 e. The van der Waals surface area contributed by atoms with E-state index in [1.807, 2.05) is 0 Å². The molecule has 1 fully saturated rings. The van der Waals surface area contributed by atoms with Gasteiger partial charge in [-0.05, 0) is 63.3 Å². The van der Waals surface area contributed by atoms with Crippen molar-refractivity contribution in [2.75, 3.05) is 31.2 Å². The molecule has 1 aliphatic heterocycles. The van der Waals surface area contributed by atoms with Crippen LogP contribution < -0.4 is 11.1 Å². The Morgan fingerprint density at radius 1 is 1.07 bits per heavy atom. The lowest BCUT2D eigenvalue weighted by atomic mass is 10.1. The third-order valence-corrected chi connectivity index (χ3v) is 4.85. The Morgan fingerprint density at radius 3 is 2.63 bits per heavy atom. The first kappa shape index (κ1) is 17.5. The summed E-state index contributed by atoms with van der Waals surface area (Å²) in [6, 6.07) is 6.80. The van der Waals surface area contributed by atoms with E-state index in [2.05, 4.69) is 32.2 Å². The van der Waals surface area contributed by atoms with Crippen LogP contribution in [0.1, 0.15) is 12.8 Å². The van der Waals surface area contributed by atoms with Crippen LogP contribution in [0.3, 0.4) is 0 Å². The van der Waals surface area contributed by atoms with Crippen molar-refractivity contribution < 1.29 is 8.78 Å². The number of hydrogen-bond acceptors (Lipinski definition) is 6. The molecule has 1 aliphatic rings. The SMILES string of the molecule is CN1CCC(Nc2nc(N)c3ccc(-c4cc(F)ccc4F)nc3n2)CC1. The Bertz CT molecular complexity index is 985. The van der Waals surface area contributed by atoms with E-state index >= 15 is 0 Å². The van der Waals surface area contributed by atoms with Crippen LogP contribution in [-0.4, -0.2) is 46.0 Å². The molecular weight excluding hydrogens is 350 g/mol. The van der Waals surface area contributed by atoms with Crippen molar-refractivity contribution in [1.82, 2.24) is 19.9 Å². The van der Waals surface area contributed by atoms with Gasteiger partial charge in [0.05, 0.1) is 11.1 Å². The van der Waals surface area contributed by atoms with Crippen molar-refractivity contribution in [3.8, 4) is 11.3 Å². The van der Waals surface area contributed by atoms with Gasteiger partial charge in [-0.2, -0.15) is 9.97 Å². The Balaban J connectivity index is 1.69. The van der Waals surface area contributed by atoms with E-state index in [9.17, 15) is 8.78 Å². The molecule has 27 heavy (non-hydrogen) atoms. The molecule has 0 aliphatic carbocycles. The Labute approximate surface area is 155 Å². The third-order valence-electron chi connectivity index (χ3n) is 4.85. The predicted octanol–water partition coefficient (Wildman–Crippen LogP) is 3.06. The van der Waals surface area contributed by atoms with E-state index in [1.54, 1.807) is 12.1 Å². The van der Waals surface area contributed by atoms with E-state index in [4.69, 9.17) is 5.73 Å². The lowest BCUT2D eigenvalue weighted by Crippen LogP contribution is -2.37. The number of fused-ring (bicyclic) bond motifs is 1. The summed E-state index contributed by atoms with van der Waals surface area (Å²) in [5.41, 5.74) is 6.78. The second kappa shape index (κ2) is 7.03. The first-order valence-corrected chi connectivity index (χ1v) is 8.84. The molecule has 0 unspecified atom stereocenters. The number of pyridine rings is 1. The Kier molecular flexibility index (Phi) is 4.57. The van der Waals surface area contributed by atoms with Crippen molar-refractivity contribution in [2.45, 2.75) is 18.9 Å². The number of piperidine rings is 1. The molecule has 3 heterocycles. The Morgan fingerprint density at radius 2 is 1.85 bits per heavy atom. The average Bonchev–Trinajstić information content (AvgIpc) is 2.65. The zero-order valence-electron chi connectivity index (χ0n) is 14.9. The second-order valence-electron chi connectivity index (χ2n) is 6.85. The number of nitrogens with zero attached hydrogens (tertiary/aromatic N) is 4. The molecule has 2 aromatic heterocycles. The number of nitrogen functional groups attached to an aromatic ring is 1. The summed E-state index contributed by atoms with van der Waals surface area (Å²) in [6.45, 7) is 2.00. The molecule has 0 spiro atoms. The molecule has 8 heteroatoms. The van der Waals surface area contributed by atoms with Crippen LogP contribution >= 0.6 is 0 Å². The van der Waals surface area contributed by atoms with Gasteiger partial charge >= 0.3 is 0 Å². The number of hydrogen-bond donors (Lipinski definition) is 2. The highest BCUT2D eigenvalue weighted by atomic mass is 19.1. The van der Waals surface area contributed by atoms with E-state index in [0.717, 1.165) is 44.1 Å². The molecule has 6 nitrogen and oxygen atoms in total. The van der Waals surface area contributed by atoms with Gasteiger partial charge in [0, 0.05) is 11.6 Å². The first-order valence-electron chi connectivity index (χ1n) is 8.84. The third kappa shape index (κ3) is 3.66. The number of anilines is 2. The average molecular weight is 370 g/mol. The molecule has 0 saturated carbocycles. The van der Waals surface area contributed by atoms with E-state index in [1.165, 1.54) is 0 Å². The van der Waals surface area contributed by atoms with E-state index in [-0.39, 0.29) is 11.6 Å². The van der Waals surface area contributed by atoms with Crippen molar-refractivity contribution in [2.24, 2.45) is 0 Å². The fourth-order valence-corrected chi connectivity index (χ4v) is 3.28. The van der Waals surface area contributed by atoms with Gasteiger partial charge in [-0.25, -0.2) is 13.8 Å². The van der Waals surface area contributed by atoms with Gasteiger partial charge in [0.15, 0.2) is 5.65 Å². The molecule has 3 aromatic rings. The summed E-state index contributed by atoms with van der Waals surface area (Å²) < 4.78 is 27.6. The Hall–Kier alpha value is -2.87. The lowest BCUT2D eigenvalue weighted by Gasteiger charge is -2.29. The maximum atomic E-state index is 14.1. The van der Waals surface area contributed by atoms with Crippen LogP contribution in [-0.2, 0) is 0 Å². The minimum Gasteiger partial charge on any atom is -0.383 e. The summed E-state index contributed by atoms with van der Waals surface area (Å²) in [4.78, 5) is 15.4. The number of rotatable bonds is 3. The second-order valence-corrected chi connectivity index (χ2v) is 6.85. The van der Waals surface area contributed by atoms with Crippen molar-refractivity contribution >= 4 is 22.8 Å². The van der Waals surface area contributed by atoms with Crippen LogP contribution in [0.4, 0.5) is 20.5 Å². The smallest absolute Gasteiger partial charge is 0.226 e. The fraction of sp³-hybridized carbons (Fsp3) is 0.316. The summed E-state index contributed by atoms with van der Waals surface area (Å²) in [6.07, 6.45) is 1.97. The van der Waals surface area contributed by atoms with Crippen molar-refractivity contribution in [3.63, 3.8) is 0 Å². The lowest BCUT2D eigenvalue weighted by molar-refractivity contribution is 0.263. The van der Waals surface area contributed by atoms with Crippen LogP contribution in [0.5, 0.6) is 0 Å². The number of nitrogens with one attached hydrogen (secondary N) is 1. The molecule has 4 rings (SSSR count). The number of benzene rings is 1.